The van der Waals surface area contributed by atoms with Gasteiger partial charge in [0.15, 0.2) is 0 Å². The predicted molar refractivity (Wildman–Crippen MR) is 99.9 cm³/mol. The number of nitrogens with zero attached hydrogens (tertiary/aromatic N) is 1. The Hall–Kier alpha value is -3.59. The number of hydrogen-bond acceptors (Lipinski definition) is 7. The fraction of sp³-hybridized carbons (Fsp3) is 0.158. The standard InChI is InChI=1S/C19H15ClN2O7/c1-10(23)28-15-5-3-12(20)7-11(15)8-14-17(24)22(19(26)21-14)9-13-4-6-16(29-13)18(25)27-2/h3-8H,9H2,1-2H3,(H,21,26). The van der Waals surface area contributed by atoms with Crippen molar-refractivity contribution >= 4 is 41.6 Å². The molecule has 0 aliphatic carbocycles. The normalized spacial score (nSPS) is 14.9. The number of nitrogens with one attached hydrogen (secondary N) is 1. The van der Waals surface area contributed by atoms with Crippen molar-refractivity contribution in [3.8, 4) is 5.75 Å². The van der Waals surface area contributed by atoms with Crippen LogP contribution in [0.1, 0.15) is 28.8 Å². The number of methoxy groups -OCH3 is 1. The number of carbonyl (C=O) groups excluding carboxylic acids is 4. The van der Waals surface area contributed by atoms with Gasteiger partial charge in [0.2, 0.25) is 5.76 Å². The van der Waals surface area contributed by atoms with Crippen LogP contribution < -0.4 is 10.1 Å². The van der Waals surface area contributed by atoms with E-state index in [4.69, 9.17) is 20.8 Å². The van der Waals surface area contributed by atoms with Gasteiger partial charge in [0.05, 0.1) is 13.7 Å². The Bertz CT molecular complexity index is 1040. The minimum absolute atomic E-state index is 0.0367. The van der Waals surface area contributed by atoms with Crippen LogP contribution in [0.15, 0.2) is 40.4 Å². The van der Waals surface area contributed by atoms with Gasteiger partial charge >= 0.3 is 18.0 Å². The number of halogens is 1. The van der Waals surface area contributed by atoms with E-state index in [1.165, 1.54) is 50.4 Å². The molecule has 0 radical (unpaired) electrons. The molecule has 1 aromatic carbocycles. The van der Waals surface area contributed by atoms with Gasteiger partial charge < -0.3 is 19.2 Å². The molecule has 2 heterocycles. The third-order valence-corrected chi connectivity index (χ3v) is 4.08. The summed E-state index contributed by atoms with van der Waals surface area (Å²) in [6.45, 7) is 1.05. The van der Waals surface area contributed by atoms with Gasteiger partial charge in [-0.25, -0.2) is 9.59 Å². The van der Waals surface area contributed by atoms with E-state index in [1.54, 1.807) is 0 Å². The second-order valence-electron chi connectivity index (χ2n) is 5.91. The van der Waals surface area contributed by atoms with Crippen LogP contribution in [-0.2, 0) is 20.9 Å². The van der Waals surface area contributed by atoms with E-state index in [1.807, 2.05) is 0 Å². The zero-order chi connectivity index (χ0) is 21.1. The molecule has 1 aliphatic heterocycles. The number of urea groups is 1. The molecule has 0 atom stereocenters. The molecule has 3 amide bonds. The molecule has 9 nitrogen and oxygen atoms in total. The van der Waals surface area contributed by atoms with Gasteiger partial charge in [0, 0.05) is 17.5 Å². The molecule has 1 saturated heterocycles. The Morgan fingerprint density at radius 2 is 2.00 bits per heavy atom. The molecule has 3 rings (SSSR count). The summed E-state index contributed by atoms with van der Waals surface area (Å²) in [6.07, 6.45) is 1.35. The molecule has 1 N–H and O–H groups in total. The maximum atomic E-state index is 12.6. The van der Waals surface area contributed by atoms with Crippen LogP contribution in [0.3, 0.4) is 0 Å². The van der Waals surface area contributed by atoms with Crippen molar-refractivity contribution in [2.75, 3.05) is 7.11 Å². The first-order chi connectivity index (χ1) is 13.8. The summed E-state index contributed by atoms with van der Waals surface area (Å²) < 4.78 is 14.9. The second-order valence-corrected chi connectivity index (χ2v) is 6.35. The Balaban J connectivity index is 1.84. The molecule has 150 valence electrons. The molecule has 2 aromatic rings. The van der Waals surface area contributed by atoms with E-state index in [0.29, 0.717) is 10.6 Å². The van der Waals surface area contributed by atoms with Crippen molar-refractivity contribution in [3.63, 3.8) is 0 Å². The highest BCUT2D eigenvalue weighted by Gasteiger charge is 2.34. The van der Waals surface area contributed by atoms with E-state index in [0.717, 1.165) is 4.90 Å². The number of carbonyl (C=O) groups is 4. The third kappa shape index (κ3) is 4.46. The average molecular weight is 419 g/mol. The molecule has 1 aliphatic rings. The van der Waals surface area contributed by atoms with Crippen molar-refractivity contribution in [2.45, 2.75) is 13.5 Å². The highest BCUT2D eigenvalue weighted by Crippen LogP contribution is 2.27. The minimum atomic E-state index is -0.673. The van der Waals surface area contributed by atoms with Crippen molar-refractivity contribution in [1.82, 2.24) is 10.2 Å². The number of furan rings is 1. The highest BCUT2D eigenvalue weighted by atomic mass is 35.5. The van der Waals surface area contributed by atoms with Crippen LogP contribution in [-0.4, -0.2) is 35.9 Å². The Morgan fingerprint density at radius 3 is 2.69 bits per heavy atom. The largest absolute Gasteiger partial charge is 0.463 e. The maximum absolute atomic E-state index is 12.6. The Labute approximate surface area is 169 Å². The molecule has 1 aromatic heterocycles. The number of benzene rings is 1. The fourth-order valence-electron chi connectivity index (χ4n) is 2.58. The van der Waals surface area contributed by atoms with Gasteiger partial charge in [-0.2, -0.15) is 0 Å². The molecular weight excluding hydrogens is 404 g/mol. The van der Waals surface area contributed by atoms with Crippen LogP contribution >= 0.6 is 11.6 Å². The molecule has 0 unspecified atom stereocenters. The lowest BCUT2D eigenvalue weighted by Crippen LogP contribution is -2.30. The molecule has 0 bridgehead atoms. The van der Waals surface area contributed by atoms with Crippen LogP contribution in [0, 0.1) is 0 Å². The van der Waals surface area contributed by atoms with Crippen LogP contribution in [0.4, 0.5) is 4.79 Å². The number of amides is 3. The van der Waals surface area contributed by atoms with E-state index < -0.39 is 23.9 Å². The monoisotopic (exact) mass is 418 g/mol. The first-order valence-corrected chi connectivity index (χ1v) is 8.66. The predicted octanol–water partition coefficient (Wildman–Crippen LogP) is 2.74. The van der Waals surface area contributed by atoms with E-state index in [2.05, 4.69) is 10.1 Å². The molecule has 1 fully saturated rings. The smallest absolute Gasteiger partial charge is 0.373 e. The van der Waals surface area contributed by atoms with E-state index in [9.17, 15) is 19.2 Å². The first-order valence-electron chi connectivity index (χ1n) is 8.28. The number of hydrogen-bond donors (Lipinski definition) is 1. The van der Waals surface area contributed by atoms with Gasteiger partial charge in [0.1, 0.15) is 17.2 Å². The first kappa shape index (κ1) is 20.2. The van der Waals surface area contributed by atoms with Crippen molar-refractivity contribution in [1.29, 1.82) is 0 Å². The lowest BCUT2D eigenvalue weighted by molar-refractivity contribution is -0.131. The fourth-order valence-corrected chi connectivity index (χ4v) is 2.76. The maximum Gasteiger partial charge on any atom is 0.373 e. The Kier molecular flexibility index (Phi) is 5.69. The number of ether oxygens (including phenoxy) is 2. The van der Waals surface area contributed by atoms with Gasteiger partial charge in [0.25, 0.3) is 5.91 Å². The lowest BCUT2D eigenvalue weighted by atomic mass is 10.1. The molecule has 0 saturated carbocycles. The van der Waals surface area contributed by atoms with Gasteiger partial charge in [-0.1, -0.05) is 11.6 Å². The quantitative estimate of drug-likeness (QED) is 0.343. The van der Waals surface area contributed by atoms with Crippen LogP contribution in [0.5, 0.6) is 5.75 Å². The molecule has 10 heteroatoms. The van der Waals surface area contributed by atoms with E-state index in [-0.39, 0.29) is 29.5 Å². The summed E-state index contributed by atoms with van der Waals surface area (Å²) in [5.74, 6) is -1.49. The SMILES string of the molecule is COC(=O)c1ccc(CN2C(=O)NC(=Cc3cc(Cl)ccc3OC(C)=O)C2=O)o1. The lowest BCUT2D eigenvalue weighted by Gasteiger charge is -2.09. The van der Waals surface area contributed by atoms with E-state index >= 15 is 0 Å². The van der Waals surface area contributed by atoms with Crippen molar-refractivity contribution in [2.24, 2.45) is 0 Å². The number of esters is 2. The third-order valence-electron chi connectivity index (χ3n) is 3.85. The van der Waals surface area contributed by atoms with Gasteiger partial charge in [-0.3, -0.25) is 14.5 Å². The minimum Gasteiger partial charge on any atom is -0.463 e. The number of imide groups is 1. The molecule has 29 heavy (non-hydrogen) atoms. The average Bonchev–Trinajstić information content (AvgIpc) is 3.24. The number of rotatable bonds is 5. The summed E-state index contributed by atoms with van der Waals surface area (Å²) in [6, 6.07) is 6.67. The van der Waals surface area contributed by atoms with Crippen molar-refractivity contribution in [3.05, 3.63) is 58.1 Å². The summed E-state index contributed by atoms with van der Waals surface area (Å²) in [5.41, 5.74) is 0.301. The summed E-state index contributed by atoms with van der Waals surface area (Å²) in [5, 5.41) is 2.80. The Morgan fingerprint density at radius 1 is 1.24 bits per heavy atom. The molecule has 0 spiro atoms. The summed E-state index contributed by atoms with van der Waals surface area (Å²) in [7, 11) is 1.21. The summed E-state index contributed by atoms with van der Waals surface area (Å²) >= 11 is 5.98. The van der Waals surface area contributed by atoms with Crippen LogP contribution in [0.25, 0.3) is 6.08 Å². The van der Waals surface area contributed by atoms with Gasteiger partial charge in [-0.05, 0) is 36.4 Å². The topological polar surface area (TPSA) is 115 Å². The van der Waals surface area contributed by atoms with Crippen molar-refractivity contribution < 1.29 is 33.1 Å². The van der Waals surface area contributed by atoms with Gasteiger partial charge in [-0.15, -0.1) is 0 Å². The van der Waals surface area contributed by atoms with Crippen LogP contribution in [0.2, 0.25) is 5.02 Å². The second kappa shape index (κ2) is 8.19. The zero-order valence-corrected chi connectivity index (χ0v) is 16.1. The summed E-state index contributed by atoms with van der Waals surface area (Å²) in [4.78, 5) is 48.5. The highest BCUT2D eigenvalue weighted by molar-refractivity contribution is 6.30. The zero-order valence-electron chi connectivity index (χ0n) is 15.4. The molecular formula is C19H15ClN2O7.